The smallest absolute Gasteiger partial charge is 0.549 e. The molecular weight excluding hydrogens is 1520 g/mol. The molecular formula is C57H65ClKN4Na3O28S6. The number of amides is 4. The molecule has 0 aliphatic rings. The van der Waals surface area contributed by atoms with Crippen molar-refractivity contribution in [1.29, 1.82) is 0 Å². The fraction of sp³-hybridized carbons (Fsp3) is 0.281. The number of carboxylic acid groups (broad SMARTS) is 6. The Balaban J connectivity index is -0.000000267. The van der Waals surface area contributed by atoms with Crippen LogP contribution in [0.1, 0.15) is 59.3 Å². The molecule has 0 saturated carbocycles. The van der Waals surface area contributed by atoms with E-state index in [4.69, 9.17) is 16.7 Å². The van der Waals surface area contributed by atoms with Gasteiger partial charge in [-0.15, -0.1) is 11.8 Å². The van der Waals surface area contributed by atoms with Crippen molar-refractivity contribution >= 4 is 161 Å². The van der Waals surface area contributed by atoms with Gasteiger partial charge in [-0.3, -0.25) is 28.8 Å². The first-order chi connectivity index (χ1) is 44.2. The summed E-state index contributed by atoms with van der Waals surface area (Å²) in [5.41, 5.74) is 2.15. The molecule has 0 saturated heterocycles. The third-order valence-corrected chi connectivity index (χ3v) is 19.3. The van der Waals surface area contributed by atoms with Crippen molar-refractivity contribution < 1.29 is 270 Å². The van der Waals surface area contributed by atoms with E-state index in [-0.39, 0.29) is 196 Å². The Morgan fingerprint density at radius 1 is 0.470 bits per heavy atom. The fourth-order valence-corrected chi connectivity index (χ4v) is 12.1. The predicted molar refractivity (Wildman–Crippen MR) is 341 cm³/mol. The normalized spacial score (nSPS) is 10.8. The van der Waals surface area contributed by atoms with Crippen molar-refractivity contribution in [2.24, 2.45) is 0 Å². The first kappa shape index (κ1) is 106. The Labute approximate surface area is 695 Å². The molecule has 6 N–H and O–H groups in total. The number of hydrogen-bond donors (Lipinski definition) is 6. The zero-order valence-electron chi connectivity index (χ0n) is 55.9. The van der Waals surface area contributed by atoms with Crippen LogP contribution in [0, 0.1) is 0 Å². The summed E-state index contributed by atoms with van der Waals surface area (Å²) < 4.78 is 116. The molecule has 5 rings (SSSR count). The topological polar surface area (TPSA) is 549 Å². The van der Waals surface area contributed by atoms with Gasteiger partial charge in [-0.25, -0.2) is 46.9 Å². The van der Waals surface area contributed by atoms with Gasteiger partial charge in [0, 0.05) is 74.3 Å². The number of carbonyl (C=O) groups excluding carboxylic acids is 9. The SMILES string of the molecule is CC.CC(=O)Nc1ccc(S(=O)(=O)C(C(=O)O)c2ccccc2)cc1.CC(=O)Nc1ccc(S(=O)(=O)C(Cl)C(=O)O)cc1.CC(=O)Nc1ccc(S(=O)(=O)CC(=O)[O-])cc1.CC(=O)Nc1ccc(SCC(=O)[O-])cc1.CC(=O)OCCS(=O)(=O)CC(=O)[O-].CS(=O)(=O)CC(=O)[O-].[K+].[Na+].[Na+].[Na+]. The Morgan fingerprint density at radius 2 is 0.800 bits per heavy atom. The summed E-state index contributed by atoms with van der Waals surface area (Å²) in [5, 5.41) is 66.2. The maximum Gasteiger partial charge on any atom is 1.00 e. The van der Waals surface area contributed by atoms with Crippen LogP contribution in [0.5, 0.6) is 0 Å². The summed E-state index contributed by atoms with van der Waals surface area (Å²) in [6, 6.07) is 30.4. The van der Waals surface area contributed by atoms with E-state index in [1.54, 1.807) is 42.5 Å². The molecule has 0 bridgehead atoms. The van der Waals surface area contributed by atoms with Gasteiger partial charge in [0.25, 0.3) is 0 Å². The molecule has 0 aromatic heterocycles. The molecule has 528 valence electrons. The molecule has 32 nitrogen and oxygen atoms in total. The van der Waals surface area contributed by atoms with E-state index < -0.39 is 124 Å². The van der Waals surface area contributed by atoms with Crippen LogP contribution in [0.4, 0.5) is 22.7 Å². The number of carboxylic acids is 6. The molecule has 5 aromatic carbocycles. The number of alkyl halides is 1. The van der Waals surface area contributed by atoms with Crippen molar-refractivity contribution in [1.82, 2.24) is 0 Å². The van der Waals surface area contributed by atoms with Gasteiger partial charge < -0.3 is 75.8 Å². The van der Waals surface area contributed by atoms with Gasteiger partial charge in [0.2, 0.25) is 38.2 Å². The van der Waals surface area contributed by atoms with Gasteiger partial charge in [-0.1, -0.05) is 55.8 Å². The number of benzene rings is 5. The molecule has 2 unspecified atom stereocenters. The Kier molecular flexibility index (Phi) is 56.5. The Morgan fingerprint density at radius 3 is 1.08 bits per heavy atom. The summed E-state index contributed by atoms with van der Waals surface area (Å²) in [6.07, 6.45) is 0.836. The quantitative estimate of drug-likeness (QED) is 0.0145. The monoisotopic (exact) mass is 1590 g/mol. The van der Waals surface area contributed by atoms with E-state index in [1.165, 1.54) is 124 Å². The number of aliphatic carboxylic acids is 6. The maximum absolute atomic E-state index is 12.6. The maximum atomic E-state index is 12.6. The number of hydrogen-bond acceptors (Lipinski definition) is 27. The molecule has 0 aliphatic heterocycles. The number of carbonyl (C=O) groups is 11. The summed E-state index contributed by atoms with van der Waals surface area (Å²) >= 11 is 6.49. The van der Waals surface area contributed by atoms with Crippen LogP contribution in [0.25, 0.3) is 0 Å². The van der Waals surface area contributed by atoms with Gasteiger partial charge >= 0.3 is 158 Å². The molecule has 43 heteroatoms. The Bertz CT molecular complexity index is 4090. The molecule has 4 amide bonds. The predicted octanol–water partition coefficient (Wildman–Crippen LogP) is -12.5. The average Bonchev–Trinajstić information content (AvgIpc) is 0.796. The number of thioether (sulfide) groups is 1. The second-order valence-corrected chi connectivity index (χ2v) is 30.4. The van der Waals surface area contributed by atoms with Gasteiger partial charge in [0.05, 0.1) is 61.6 Å². The Hall–Kier alpha value is -4.70. The number of ether oxygens (including phenoxy) is 1. The molecule has 0 heterocycles. The fourth-order valence-electron chi connectivity index (χ4n) is 6.28. The molecule has 0 radical (unpaired) electrons. The first-order valence-corrected chi connectivity index (χ1v) is 36.6. The minimum Gasteiger partial charge on any atom is -0.549 e. The van der Waals surface area contributed by atoms with Crippen LogP contribution < -0.4 is 182 Å². The van der Waals surface area contributed by atoms with E-state index in [1.807, 2.05) is 13.8 Å². The third-order valence-electron chi connectivity index (χ3n) is 9.90. The molecule has 2 atom stereocenters. The summed E-state index contributed by atoms with van der Waals surface area (Å²) in [6.45, 7) is 10.2. The summed E-state index contributed by atoms with van der Waals surface area (Å²) in [4.78, 5) is 116. The number of esters is 1. The summed E-state index contributed by atoms with van der Waals surface area (Å²) in [5.74, 6) is -14.2. The van der Waals surface area contributed by atoms with Gasteiger partial charge in [-0.2, -0.15) is 0 Å². The van der Waals surface area contributed by atoms with Crippen molar-refractivity contribution in [3.05, 3.63) is 133 Å². The second-order valence-electron chi connectivity index (χ2n) is 18.2. The van der Waals surface area contributed by atoms with Gasteiger partial charge in [0.1, 0.15) is 6.61 Å². The number of halogens is 1. The van der Waals surface area contributed by atoms with Gasteiger partial charge in [0.15, 0.2) is 44.6 Å². The average molecular weight is 1590 g/mol. The van der Waals surface area contributed by atoms with E-state index >= 15 is 0 Å². The van der Waals surface area contributed by atoms with Crippen molar-refractivity contribution in [2.75, 3.05) is 62.9 Å². The summed E-state index contributed by atoms with van der Waals surface area (Å²) in [7, 11) is -19.2. The van der Waals surface area contributed by atoms with Crippen LogP contribution in [0.3, 0.4) is 0 Å². The van der Waals surface area contributed by atoms with Crippen LogP contribution in [0.15, 0.2) is 147 Å². The van der Waals surface area contributed by atoms with E-state index in [0.29, 0.717) is 22.7 Å². The number of rotatable bonds is 24. The first-order valence-electron chi connectivity index (χ1n) is 26.5. The minimum atomic E-state index is -4.13. The minimum absolute atomic E-state index is 0. The molecule has 0 aliphatic carbocycles. The van der Waals surface area contributed by atoms with Crippen molar-refractivity contribution in [3.63, 3.8) is 0 Å². The number of anilines is 4. The molecule has 0 fully saturated rings. The van der Waals surface area contributed by atoms with Crippen LogP contribution in [-0.2, 0) is 107 Å². The molecule has 5 aromatic rings. The van der Waals surface area contributed by atoms with Crippen LogP contribution in [0.2, 0.25) is 0 Å². The number of sulfone groups is 5. The van der Waals surface area contributed by atoms with Crippen LogP contribution in [-0.4, -0.2) is 164 Å². The standard InChI is InChI=1S/C16H15NO5S.C10H10ClNO5S.C10H11NO5S.C10H11NO3S.C6H10O6S.C3H6O4S.C2H6.K.3Na/c1-11(18)17-13-7-9-14(10-8-13)23(21,22)15(16(19)20)12-5-3-2-4-6-12;1-6(13)12-7-2-4-8(5-3-7)18(16,17)9(11)10(14)15;1-7(12)11-8-2-4-9(5-3-8)17(15,16)6-10(13)14;1-7(12)11-8-2-4-9(5-3-8)15-6-10(13)14;1-5(7)12-2-3-13(10,11)4-6(8)9;1-8(6,7)2-3(4)5;1-2;;;;/h2-10,15H,1H3,(H,17,18)(H,19,20);2-5,9H,1H3,(H,12,13)(H,14,15);2-5H,6H2,1H3,(H,11,12)(H,13,14);2-5H,6H2,1H3,(H,11,12)(H,13,14);2-4H2,1H3,(H,8,9);2H2,1H3,(H,4,5);1-2H3;;;;/q;;;;;;;4*+1/p-4. The van der Waals surface area contributed by atoms with Crippen molar-refractivity contribution in [2.45, 2.75) is 78.0 Å². The van der Waals surface area contributed by atoms with Crippen molar-refractivity contribution in [3.8, 4) is 0 Å². The largest absolute Gasteiger partial charge is 1.00 e. The zero-order valence-corrected chi connectivity index (χ0v) is 70.6. The molecule has 100 heavy (non-hydrogen) atoms. The number of nitrogens with one attached hydrogen (secondary N) is 4. The molecule has 0 spiro atoms. The van der Waals surface area contributed by atoms with E-state index in [2.05, 4.69) is 26.0 Å². The van der Waals surface area contributed by atoms with E-state index in [0.717, 1.165) is 18.1 Å². The second kappa shape index (κ2) is 53.1. The van der Waals surface area contributed by atoms with E-state index in [9.17, 15) is 120 Å². The van der Waals surface area contributed by atoms with Gasteiger partial charge in [-0.05, 0) is 103 Å². The third kappa shape index (κ3) is 48.3. The van der Waals surface area contributed by atoms with Crippen LogP contribution >= 0.6 is 23.4 Å². The zero-order chi connectivity index (χ0) is 74.5.